The molecule has 1 fully saturated rings. The Hall–Kier alpha value is -0.690. The normalized spacial score (nSPS) is 20.7. The summed E-state index contributed by atoms with van der Waals surface area (Å²) in [5, 5.41) is 18.7. The molecule has 94 valence electrons. The summed E-state index contributed by atoms with van der Waals surface area (Å²) in [4.78, 5) is 10.6. The number of carbonyl (C=O) groups is 1. The van der Waals surface area contributed by atoms with Crippen LogP contribution >= 0.6 is 0 Å². The first-order chi connectivity index (χ1) is 7.65. The first-order valence-electron chi connectivity index (χ1n) is 5.30. The third-order valence-corrected chi connectivity index (χ3v) is 2.41. The van der Waals surface area contributed by atoms with E-state index in [1.807, 2.05) is 0 Å². The summed E-state index contributed by atoms with van der Waals surface area (Å²) < 4.78 is 15.2. The van der Waals surface area contributed by atoms with Crippen LogP contribution < -0.4 is 0 Å². The summed E-state index contributed by atoms with van der Waals surface area (Å²) in [6, 6.07) is 0. The third-order valence-electron chi connectivity index (χ3n) is 2.41. The van der Waals surface area contributed by atoms with Crippen LogP contribution in [0.4, 0.5) is 0 Å². The van der Waals surface area contributed by atoms with Gasteiger partial charge in [-0.1, -0.05) is 0 Å². The van der Waals surface area contributed by atoms with Crippen molar-refractivity contribution in [2.75, 3.05) is 26.4 Å². The van der Waals surface area contributed by atoms with E-state index in [4.69, 9.17) is 19.3 Å². The number of esters is 1. The van der Waals surface area contributed by atoms with Gasteiger partial charge in [-0.2, -0.15) is 0 Å². The Bertz CT molecular complexity index is 213. The quantitative estimate of drug-likeness (QED) is 0.590. The lowest BCUT2D eigenvalue weighted by Crippen LogP contribution is -2.36. The third kappa shape index (κ3) is 4.05. The molecular formula is C10H18O6. The number of aliphatic hydroxyl groups excluding tert-OH is 2. The fourth-order valence-electron chi connectivity index (χ4n) is 1.61. The van der Waals surface area contributed by atoms with Crippen LogP contribution in [0.25, 0.3) is 0 Å². The lowest BCUT2D eigenvalue weighted by Gasteiger charge is -2.25. The molecule has 0 aliphatic carbocycles. The molecule has 1 heterocycles. The van der Waals surface area contributed by atoms with Crippen molar-refractivity contribution in [3.8, 4) is 0 Å². The minimum Gasteiger partial charge on any atom is -0.463 e. The molecule has 0 spiro atoms. The first-order valence-corrected chi connectivity index (χ1v) is 5.30. The van der Waals surface area contributed by atoms with Gasteiger partial charge in [-0.25, -0.2) is 0 Å². The molecule has 0 radical (unpaired) electrons. The maximum atomic E-state index is 10.6. The standard InChI is InChI=1S/C10H18O6/c1-7(12)16-6-9(13)8(2-3-11)10-14-4-5-15-10/h8-11,13H,2-6H2,1H3/t8-,9+/m0/s1. The summed E-state index contributed by atoms with van der Waals surface area (Å²) >= 11 is 0. The van der Waals surface area contributed by atoms with Crippen LogP contribution in [0.3, 0.4) is 0 Å². The van der Waals surface area contributed by atoms with Gasteiger partial charge in [0, 0.05) is 19.4 Å². The van der Waals surface area contributed by atoms with Crippen molar-refractivity contribution in [1.82, 2.24) is 0 Å². The predicted molar refractivity (Wildman–Crippen MR) is 53.5 cm³/mol. The molecule has 0 aromatic rings. The molecule has 0 unspecified atom stereocenters. The van der Waals surface area contributed by atoms with Crippen molar-refractivity contribution in [3.05, 3.63) is 0 Å². The Kier molecular flexibility index (Phi) is 5.68. The molecule has 1 saturated heterocycles. The molecule has 0 saturated carbocycles. The fourth-order valence-corrected chi connectivity index (χ4v) is 1.61. The van der Waals surface area contributed by atoms with Crippen molar-refractivity contribution in [2.45, 2.75) is 25.7 Å². The van der Waals surface area contributed by atoms with Crippen LogP contribution in [0.15, 0.2) is 0 Å². The first kappa shape index (κ1) is 13.4. The number of aliphatic hydroxyl groups is 2. The molecule has 6 heteroatoms. The molecule has 6 nitrogen and oxygen atoms in total. The predicted octanol–water partition coefficient (Wildman–Crippen LogP) is -0.718. The topological polar surface area (TPSA) is 85.2 Å². The minimum atomic E-state index is -0.890. The summed E-state index contributed by atoms with van der Waals surface area (Å²) in [5.74, 6) is -0.832. The number of hydrogen-bond acceptors (Lipinski definition) is 6. The Morgan fingerprint density at radius 3 is 2.62 bits per heavy atom. The lowest BCUT2D eigenvalue weighted by atomic mass is 9.98. The molecule has 1 aliphatic rings. The summed E-state index contributed by atoms with van der Waals surface area (Å²) in [6.07, 6.45) is -1.08. The number of hydrogen-bond donors (Lipinski definition) is 2. The van der Waals surface area contributed by atoms with Crippen LogP contribution in [-0.2, 0) is 19.0 Å². The van der Waals surface area contributed by atoms with Crippen molar-refractivity contribution in [3.63, 3.8) is 0 Å². The zero-order valence-electron chi connectivity index (χ0n) is 9.30. The molecular weight excluding hydrogens is 216 g/mol. The highest BCUT2D eigenvalue weighted by atomic mass is 16.7. The molecule has 16 heavy (non-hydrogen) atoms. The van der Waals surface area contributed by atoms with Gasteiger partial charge in [0.05, 0.1) is 19.3 Å². The average Bonchev–Trinajstić information content (AvgIpc) is 2.75. The van der Waals surface area contributed by atoms with Crippen LogP contribution in [0.2, 0.25) is 0 Å². The zero-order valence-corrected chi connectivity index (χ0v) is 9.30. The van der Waals surface area contributed by atoms with Crippen LogP contribution in [0.5, 0.6) is 0 Å². The monoisotopic (exact) mass is 234 g/mol. The van der Waals surface area contributed by atoms with Gasteiger partial charge in [-0.05, 0) is 6.42 Å². The van der Waals surface area contributed by atoms with Gasteiger partial charge in [-0.15, -0.1) is 0 Å². The summed E-state index contributed by atoms with van der Waals surface area (Å²) in [6.45, 7) is 2.05. The lowest BCUT2D eigenvalue weighted by molar-refractivity contribution is -0.155. The SMILES string of the molecule is CC(=O)OC[C@@H](O)[C@H](CCO)C1OCCO1. The second-order valence-corrected chi connectivity index (χ2v) is 3.66. The Morgan fingerprint density at radius 1 is 1.50 bits per heavy atom. The average molecular weight is 234 g/mol. The van der Waals surface area contributed by atoms with E-state index < -0.39 is 18.4 Å². The largest absolute Gasteiger partial charge is 0.463 e. The summed E-state index contributed by atoms with van der Waals surface area (Å²) in [5.41, 5.74) is 0. The Labute approximate surface area is 94.1 Å². The van der Waals surface area contributed by atoms with E-state index in [1.165, 1.54) is 6.92 Å². The fraction of sp³-hybridized carbons (Fsp3) is 0.900. The van der Waals surface area contributed by atoms with E-state index in [2.05, 4.69) is 0 Å². The molecule has 0 amide bonds. The second kappa shape index (κ2) is 6.80. The smallest absolute Gasteiger partial charge is 0.302 e. The van der Waals surface area contributed by atoms with Crippen LogP contribution in [0.1, 0.15) is 13.3 Å². The van der Waals surface area contributed by atoms with Gasteiger partial charge in [-0.3, -0.25) is 4.79 Å². The zero-order chi connectivity index (χ0) is 12.0. The van der Waals surface area contributed by atoms with Gasteiger partial charge in [0.15, 0.2) is 6.29 Å². The number of carbonyl (C=O) groups excluding carboxylic acids is 1. The van der Waals surface area contributed by atoms with E-state index in [1.54, 1.807) is 0 Å². The van der Waals surface area contributed by atoms with Gasteiger partial charge >= 0.3 is 5.97 Å². The van der Waals surface area contributed by atoms with Gasteiger partial charge < -0.3 is 24.4 Å². The van der Waals surface area contributed by atoms with E-state index in [0.29, 0.717) is 19.6 Å². The highest BCUT2D eigenvalue weighted by molar-refractivity contribution is 5.65. The van der Waals surface area contributed by atoms with E-state index in [0.717, 1.165) is 0 Å². The number of rotatable bonds is 6. The molecule has 1 aliphatic heterocycles. The van der Waals surface area contributed by atoms with Crippen molar-refractivity contribution >= 4 is 5.97 Å². The highest BCUT2D eigenvalue weighted by Crippen LogP contribution is 2.21. The highest BCUT2D eigenvalue weighted by Gasteiger charge is 2.32. The van der Waals surface area contributed by atoms with E-state index >= 15 is 0 Å². The van der Waals surface area contributed by atoms with Crippen molar-refractivity contribution in [1.29, 1.82) is 0 Å². The van der Waals surface area contributed by atoms with Gasteiger partial charge in [0.2, 0.25) is 0 Å². The van der Waals surface area contributed by atoms with E-state index in [9.17, 15) is 9.90 Å². The van der Waals surface area contributed by atoms with Crippen LogP contribution in [-0.4, -0.2) is 55.0 Å². The minimum absolute atomic E-state index is 0.0784. The molecule has 0 aromatic heterocycles. The maximum absolute atomic E-state index is 10.6. The van der Waals surface area contributed by atoms with Gasteiger partial charge in [0.25, 0.3) is 0 Å². The van der Waals surface area contributed by atoms with Gasteiger partial charge in [0.1, 0.15) is 6.61 Å². The molecule has 0 aromatic carbocycles. The molecule has 1 rings (SSSR count). The maximum Gasteiger partial charge on any atom is 0.302 e. The van der Waals surface area contributed by atoms with E-state index in [-0.39, 0.29) is 19.1 Å². The molecule has 0 bridgehead atoms. The van der Waals surface area contributed by atoms with Crippen molar-refractivity contribution < 1.29 is 29.2 Å². The molecule has 2 atom stereocenters. The van der Waals surface area contributed by atoms with Crippen LogP contribution in [0, 0.1) is 5.92 Å². The number of ether oxygens (including phenoxy) is 3. The Morgan fingerprint density at radius 2 is 2.12 bits per heavy atom. The summed E-state index contributed by atoms with van der Waals surface area (Å²) in [7, 11) is 0. The molecule has 2 N–H and O–H groups in total. The van der Waals surface area contributed by atoms with Crippen molar-refractivity contribution in [2.24, 2.45) is 5.92 Å². The second-order valence-electron chi connectivity index (χ2n) is 3.66. The Balaban J connectivity index is 2.43.